The molecule has 76 valence electrons. The smallest absolute Gasteiger partial charge is 0.338 e. The summed E-state index contributed by atoms with van der Waals surface area (Å²) in [5.74, 6) is -2.06. The molecule has 0 amide bonds. The number of phenolic OH excluding ortho intramolecular Hbond substituents is 1. The molecule has 2 aromatic carbocycles. The van der Waals surface area contributed by atoms with Gasteiger partial charge in [-0.25, -0.2) is 9.18 Å². The molecule has 0 aliphatic heterocycles. The van der Waals surface area contributed by atoms with Crippen LogP contribution in [0.5, 0.6) is 5.75 Å². The van der Waals surface area contributed by atoms with E-state index in [1.54, 1.807) is 0 Å². The zero-order chi connectivity index (χ0) is 11.0. The normalized spacial score (nSPS) is 10.5. The average molecular weight is 206 g/mol. The quantitative estimate of drug-likeness (QED) is 0.753. The standard InChI is InChI=1S/C11H7FO3/c12-10-8-4-2-7(13)5-6(8)1-3-9(10)11(14)15/h1-5,13H,(H,14,15). The van der Waals surface area contributed by atoms with Crippen LogP contribution >= 0.6 is 0 Å². The van der Waals surface area contributed by atoms with E-state index in [1.165, 1.54) is 30.3 Å². The average Bonchev–Trinajstić information content (AvgIpc) is 2.17. The van der Waals surface area contributed by atoms with Gasteiger partial charge in [-0.05, 0) is 29.7 Å². The van der Waals surface area contributed by atoms with Gasteiger partial charge in [0.1, 0.15) is 11.6 Å². The summed E-state index contributed by atoms with van der Waals surface area (Å²) in [4.78, 5) is 10.6. The highest BCUT2D eigenvalue weighted by molar-refractivity contribution is 5.95. The van der Waals surface area contributed by atoms with Crippen LogP contribution in [-0.4, -0.2) is 16.2 Å². The second-order valence-corrected chi connectivity index (χ2v) is 3.14. The number of phenols is 1. The second kappa shape index (κ2) is 3.24. The summed E-state index contributed by atoms with van der Waals surface area (Å²) >= 11 is 0. The molecule has 3 nitrogen and oxygen atoms in total. The summed E-state index contributed by atoms with van der Waals surface area (Å²) in [6.45, 7) is 0. The van der Waals surface area contributed by atoms with Crippen molar-refractivity contribution in [3.8, 4) is 5.75 Å². The number of rotatable bonds is 1. The molecule has 0 atom stereocenters. The molecular formula is C11H7FO3. The van der Waals surface area contributed by atoms with Crippen molar-refractivity contribution in [3.05, 3.63) is 41.7 Å². The fourth-order valence-electron chi connectivity index (χ4n) is 1.44. The molecule has 2 aromatic rings. The third kappa shape index (κ3) is 1.50. The Morgan fingerprint density at radius 2 is 1.93 bits per heavy atom. The minimum absolute atomic E-state index is 0.0185. The molecule has 2 rings (SSSR count). The Bertz CT molecular complexity index is 549. The summed E-state index contributed by atoms with van der Waals surface area (Å²) in [6, 6.07) is 6.69. The Hall–Kier alpha value is -2.10. The van der Waals surface area contributed by atoms with Crippen molar-refractivity contribution >= 4 is 16.7 Å². The van der Waals surface area contributed by atoms with E-state index >= 15 is 0 Å². The number of aromatic hydroxyl groups is 1. The van der Waals surface area contributed by atoms with Crippen LogP contribution in [0.1, 0.15) is 10.4 Å². The monoisotopic (exact) mass is 206 g/mol. The first-order valence-corrected chi connectivity index (χ1v) is 4.24. The van der Waals surface area contributed by atoms with E-state index in [9.17, 15) is 9.18 Å². The van der Waals surface area contributed by atoms with E-state index in [-0.39, 0.29) is 16.7 Å². The van der Waals surface area contributed by atoms with Crippen molar-refractivity contribution < 1.29 is 19.4 Å². The van der Waals surface area contributed by atoms with Gasteiger partial charge < -0.3 is 10.2 Å². The lowest BCUT2D eigenvalue weighted by Crippen LogP contribution is -2.00. The van der Waals surface area contributed by atoms with Crippen LogP contribution in [0, 0.1) is 5.82 Å². The number of hydrogen-bond donors (Lipinski definition) is 2. The van der Waals surface area contributed by atoms with E-state index < -0.39 is 11.8 Å². The molecule has 0 fully saturated rings. The van der Waals surface area contributed by atoms with Crippen LogP contribution in [0.3, 0.4) is 0 Å². The maximum atomic E-state index is 13.6. The third-order valence-corrected chi connectivity index (χ3v) is 2.17. The van der Waals surface area contributed by atoms with Crippen LogP contribution in [0.15, 0.2) is 30.3 Å². The van der Waals surface area contributed by atoms with Gasteiger partial charge in [-0.3, -0.25) is 0 Å². The van der Waals surface area contributed by atoms with Gasteiger partial charge in [0, 0.05) is 5.39 Å². The highest BCUT2D eigenvalue weighted by atomic mass is 19.1. The number of halogens is 1. The van der Waals surface area contributed by atoms with Crippen molar-refractivity contribution in [3.63, 3.8) is 0 Å². The Balaban J connectivity index is 2.80. The molecule has 0 bridgehead atoms. The Morgan fingerprint density at radius 3 is 2.60 bits per heavy atom. The zero-order valence-electron chi connectivity index (χ0n) is 7.57. The summed E-state index contributed by atoms with van der Waals surface area (Å²) in [6.07, 6.45) is 0. The van der Waals surface area contributed by atoms with Crippen molar-refractivity contribution in [2.45, 2.75) is 0 Å². The van der Waals surface area contributed by atoms with Crippen LogP contribution in [0.25, 0.3) is 10.8 Å². The molecule has 0 aliphatic rings. The first-order valence-electron chi connectivity index (χ1n) is 4.24. The summed E-state index contributed by atoms with van der Waals surface area (Å²) in [5, 5.41) is 18.5. The first kappa shape index (κ1) is 9.45. The number of benzene rings is 2. The molecule has 4 heteroatoms. The largest absolute Gasteiger partial charge is 0.508 e. The first-order chi connectivity index (χ1) is 7.09. The summed E-state index contributed by atoms with van der Waals surface area (Å²) in [7, 11) is 0. The molecule has 0 saturated carbocycles. The van der Waals surface area contributed by atoms with E-state index in [1.807, 2.05) is 0 Å². The minimum Gasteiger partial charge on any atom is -0.508 e. The van der Waals surface area contributed by atoms with Crippen molar-refractivity contribution in [2.75, 3.05) is 0 Å². The number of aromatic carboxylic acids is 1. The maximum absolute atomic E-state index is 13.6. The molecule has 0 unspecified atom stereocenters. The molecule has 0 aliphatic carbocycles. The second-order valence-electron chi connectivity index (χ2n) is 3.14. The van der Waals surface area contributed by atoms with E-state index in [0.29, 0.717) is 5.39 Å². The lowest BCUT2D eigenvalue weighted by atomic mass is 10.1. The predicted octanol–water partition coefficient (Wildman–Crippen LogP) is 2.38. The van der Waals surface area contributed by atoms with Gasteiger partial charge in [0.05, 0.1) is 5.56 Å². The van der Waals surface area contributed by atoms with Crippen molar-refractivity contribution in [1.29, 1.82) is 0 Å². The topological polar surface area (TPSA) is 57.5 Å². The van der Waals surface area contributed by atoms with Crippen molar-refractivity contribution in [1.82, 2.24) is 0 Å². The molecule has 2 N–H and O–H groups in total. The molecule has 0 heterocycles. The fourth-order valence-corrected chi connectivity index (χ4v) is 1.44. The highest BCUT2D eigenvalue weighted by Gasteiger charge is 2.12. The van der Waals surface area contributed by atoms with Gasteiger partial charge in [-0.1, -0.05) is 6.07 Å². The van der Waals surface area contributed by atoms with E-state index in [4.69, 9.17) is 10.2 Å². The summed E-state index contributed by atoms with van der Waals surface area (Å²) in [5.41, 5.74) is -0.367. The number of carbonyl (C=O) groups is 1. The number of carboxylic acid groups (broad SMARTS) is 1. The highest BCUT2D eigenvalue weighted by Crippen LogP contribution is 2.24. The van der Waals surface area contributed by atoms with Gasteiger partial charge in [0.25, 0.3) is 0 Å². The minimum atomic E-state index is -1.30. The molecule has 0 radical (unpaired) electrons. The lowest BCUT2D eigenvalue weighted by Gasteiger charge is -2.03. The van der Waals surface area contributed by atoms with Gasteiger partial charge >= 0.3 is 5.97 Å². The zero-order valence-corrected chi connectivity index (χ0v) is 7.57. The molecule has 0 saturated heterocycles. The van der Waals surface area contributed by atoms with Gasteiger partial charge in [0.2, 0.25) is 0 Å². The fraction of sp³-hybridized carbons (Fsp3) is 0. The molecular weight excluding hydrogens is 199 g/mol. The summed E-state index contributed by atoms with van der Waals surface area (Å²) < 4.78 is 13.6. The van der Waals surface area contributed by atoms with Gasteiger partial charge in [-0.15, -0.1) is 0 Å². The Morgan fingerprint density at radius 1 is 1.20 bits per heavy atom. The molecule has 0 aromatic heterocycles. The van der Waals surface area contributed by atoms with Crippen LogP contribution in [0.2, 0.25) is 0 Å². The van der Waals surface area contributed by atoms with Gasteiger partial charge in [0.15, 0.2) is 0 Å². The van der Waals surface area contributed by atoms with Crippen LogP contribution in [-0.2, 0) is 0 Å². The van der Waals surface area contributed by atoms with Crippen molar-refractivity contribution in [2.24, 2.45) is 0 Å². The molecule has 15 heavy (non-hydrogen) atoms. The molecule has 0 spiro atoms. The predicted molar refractivity (Wildman–Crippen MR) is 52.5 cm³/mol. The van der Waals surface area contributed by atoms with Crippen LogP contribution in [0.4, 0.5) is 4.39 Å². The SMILES string of the molecule is O=C(O)c1ccc2cc(O)ccc2c1F. The number of hydrogen-bond acceptors (Lipinski definition) is 2. The van der Waals surface area contributed by atoms with Gasteiger partial charge in [-0.2, -0.15) is 0 Å². The maximum Gasteiger partial charge on any atom is 0.338 e. The lowest BCUT2D eigenvalue weighted by molar-refractivity contribution is 0.0692. The van der Waals surface area contributed by atoms with Crippen LogP contribution < -0.4 is 0 Å². The Kier molecular flexibility index (Phi) is 2.04. The number of carboxylic acids is 1. The van der Waals surface area contributed by atoms with E-state index in [2.05, 4.69) is 0 Å². The Labute approximate surface area is 84.4 Å². The third-order valence-electron chi connectivity index (χ3n) is 2.17. The number of fused-ring (bicyclic) bond motifs is 1. The van der Waals surface area contributed by atoms with E-state index in [0.717, 1.165) is 0 Å².